The van der Waals surface area contributed by atoms with Crippen LogP contribution in [0, 0.1) is 5.92 Å². The first kappa shape index (κ1) is 19.6. The molecule has 0 amide bonds. The zero-order valence-corrected chi connectivity index (χ0v) is 17.2. The molecule has 2 unspecified atom stereocenters. The van der Waals surface area contributed by atoms with Crippen molar-refractivity contribution in [3.05, 3.63) is 96.6 Å². The lowest BCUT2D eigenvalue weighted by Crippen LogP contribution is -2.30. The second kappa shape index (κ2) is 8.69. The lowest BCUT2D eigenvalue weighted by molar-refractivity contribution is 0.331. The Hall–Kier alpha value is -2.15. The molecule has 0 saturated heterocycles. The fraction of sp³-hybridized carbons (Fsp3) is 0.250. The minimum Gasteiger partial charge on any atom is -0.313 e. The summed E-state index contributed by atoms with van der Waals surface area (Å²) in [5.41, 5.74) is 1.06. The number of rotatable bonds is 7. The zero-order chi connectivity index (χ0) is 19.3. The van der Waals surface area contributed by atoms with Gasteiger partial charge in [-0.1, -0.05) is 97.9 Å². The molecule has 0 radical (unpaired) electrons. The predicted octanol–water partition coefficient (Wildman–Crippen LogP) is 4.94. The minimum atomic E-state index is -2.90. The third kappa shape index (κ3) is 4.24. The van der Waals surface area contributed by atoms with E-state index >= 15 is 0 Å². The molecule has 0 aromatic heterocycles. The minimum absolute atomic E-state index is 0.0779. The van der Waals surface area contributed by atoms with Gasteiger partial charge in [0.05, 0.1) is 0 Å². The number of nitrogens with zero attached hydrogens (tertiary/aromatic N) is 1. The molecule has 0 aliphatic heterocycles. The highest BCUT2D eigenvalue weighted by Gasteiger charge is 2.40. The van der Waals surface area contributed by atoms with Gasteiger partial charge in [0.2, 0.25) is 0 Å². The first-order valence-corrected chi connectivity index (χ1v) is 11.2. The average Bonchev–Trinajstić information content (AvgIpc) is 2.69. The lowest BCUT2D eigenvalue weighted by atomic mass is 10.00. The van der Waals surface area contributed by atoms with Gasteiger partial charge in [-0.05, 0) is 25.6 Å². The van der Waals surface area contributed by atoms with Crippen LogP contribution in [0.5, 0.6) is 0 Å². The molecule has 0 aliphatic rings. The maximum absolute atomic E-state index is 14.9. The van der Waals surface area contributed by atoms with E-state index in [1.54, 1.807) is 0 Å². The number of hydrogen-bond acceptors (Lipinski definition) is 2. The van der Waals surface area contributed by atoms with Crippen molar-refractivity contribution in [2.45, 2.75) is 12.6 Å². The highest BCUT2D eigenvalue weighted by Crippen LogP contribution is 2.60. The van der Waals surface area contributed by atoms with Crippen molar-refractivity contribution in [2.24, 2.45) is 5.92 Å². The molecule has 0 spiro atoms. The van der Waals surface area contributed by atoms with Crippen molar-refractivity contribution in [1.82, 2.24) is 4.90 Å². The summed E-state index contributed by atoms with van der Waals surface area (Å²) < 4.78 is 14.9. The SMILES string of the molecule is CC(CN(C)C)C(c1ccccc1)P(=O)(c1ccccc1)c1ccccc1. The van der Waals surface area contributed by atoms with Crippen LogP contribution in [0.1, 0.15) is 18.1 Å². The monoisotopic (exact) mass is 377 g/mol. The van der Waals surface area contributed by atoms with Crippen LogP contribution in [0.4, 0.5) is 0 Å². The van der Waals surface area contributed by atoms with Crippen molar-refractivity contribution < 1.29 is 4.57 Å². The molecule has 0 fully saturated rings. The van der Waals surface area contributed by atoms with Crippen LogP contribution in [-0.2, 0) is 4.57 Å². The van der Waals surface area contributed by atoms with Gasteiger partial charge in [0.15, 0.2) is 7.14 Å². The third-order valence-corrected chi connectivity index (χ3v) is 8.73. The standard InChI is InChI=1S/C24H28NOP/c1-20(19-25(2)3)24(21-13-7-4-8-14-21)27(26,22-15-9-5-10-16-22)23-17-11-6-12-18-23/h4-18,20,24H,19H2,1-3H3. The van der Waals surface area contributed by atoms with E-state index in [2.05, 4.69) is 38.1 Å². The Morgan fingerprint density at radius 1 is 0.741 bits per heavy atom. The second-order valence-electron chi connectivity index (χ2n) is 7.42. The Kier molecular flexibility index (Phi) is 6.31. The molecule has 0 aliphatic carbocycles. The molecular weight excluding hydrogens is 349 g/mol. The molecule has 2 atom stereocenters. The van der Waals surface area contributed by atoms with E-state index in [9.17, 15) is 4.57 Å². The average molecular weight is 377 g/mol. The van der Waals surface area contributed by atoms with Crippen LogP contribution < -0.4 is 10.6 Å². The zero-order valence-electron chi connectivity index (χ0n) is 16.3. The van der Waals surface area contributed by atoms with E-state index in [0.29, 0.717) is 0 Å². The molecule has 3 rings (SSSR count). The van der Waals surface area contributed by atoms with Gasteiger partial charge in [0.1, 0.15) is 0 Å². The van der Waals surface area contributed by atoms with Crippen molar-refractivity contribution in [1.29, 1.82) is 0 Å². The topological polar surface area (TPSA) is 20.3 Å². The van der Waals surface area contributed by atoms with Gasteiger partial charge in [-0.3, -0.25) is 0 Å². The molecule has 3 aromatic rings. The molecule has 140 valence electrons. The molecule has 0 bridgehead atoms. The summed E-state index contributed by atoms with van der Waals surface area (Å²) in [6.07, 6.45) is 0. The van der Waals surface area contributed by atoms with Crippen LogP contribution in [-0.4, -0.2) is 25.5 Å². The van der Waals surface area contributed by atoms with Gasteiger partial charge in [0, 0.05) is 22.8 Å². The van der Waals surface area contributed by atoms with E-state index in [-0.39, 0.29) is 11.6 Å². The Balaban J connectivity index is 2.24. The Bertz CT molecular complexity index is 835. The van der Waals surface area contributed by atoms with E-state index < -0.39 is 7.14 Å². The molecule has 0 saturated carbocycles. The Morgan fingerprint density at radius 2 is 1.15 bits per heavy atom. The fourth-order valence-electron chi connectivity index (χ4n) is 3.99. The normalized spacial score (nSPS) is 14.1. The first-order valence-electron chi connectivity index (χ1n) is 9.44. The smallest absolute Gasteiger partial charge is 0.150 e. The second-order valence-corrected chi connectivity index (χ2v) is 10.3. The van der Waals surface area contributed by atoms with Crippen LogP contribution in [0.3, 0.4) is 0 Å². The first-order chi connectivity index (χ1) is 13.0. The largest absolute Gasteiger partial charge is 0.313 e. The number of hydrogen-bond donors (Lipinski definition) is 0. The summed E-state index contributed by atoms with van der Waals surface area (Å²) in [5.74, 6) is 0.230. The van der Waals surface area contributed by atoms with Crippen molar-refractivity contribution in [2.75, 3.05) is 20.6 Å². The summed E-state index contributed by atoms with van der Waals surface area (Å²) in [6.45, 7) is 3.10. The van der Waals surface area contributed by atoms with E-state index in [4.69, 9.17) is 0 Å². The van der Waals surface area contributed by atoms with Crippen LogP contribution in [0.2, 0.25) is 0 Å². The summed E-state index contributed by atoms with van der Waals surface area (Å²) in [5, 5.41) is 1.85. The molecule has 27 heavy (non-hydrogen) atoms. The molecule has 0 heterocycles. The van der Waals surface area contributed by atoms with Crippen molar-refractivity contribution >= 4 is 17.8 Å². The highest BCUT2D eigenvalue weighted by molar-refractivity contribution is 7.79. The quantitative estimate of drug-likeness (QED) is 0.544. The van der Waals surface area contributed by atoms with Crippen LogP contribution in [0.15, 0.2) is 91.0 Å². The molecule has 3 aromatic carbocycles. The maximum Gasteiger partial charge on any atom is 0.150 e. The van der Waals surface area contributed by atoms with E-state index in [1.807, 2.05) is 78.9 Å². The molecule has 0 N–H and O–H groups in total. The van der Waals surface area contributed by atoms with Crippen molar-refractivity contribution in [3.63, 3.8) is 0 Å². The van der Waals surface area contributed by atoms with Crippen LogP contribution >= 0.6 is 7.14 Å². The van der Waals surface area contributed by atoms with Gasteiger partial charge in [0.25, 0.3) is 0 Å². The molecular formula is C24H28NOP. The van der Waals surface area contributed by atoms with Gasteiger partial charge < -0.3 is 9.46 Å². The lowest BCUT2D eigenvalue weighted by Gasteiger charge is -2.34. The summed E-state index contributed by atoms with van der Waals surface area (Å²) >= 11 is 0. The summed E-state index contributed by atoms with van der Waals surface area (Å²) in [7, 11) is 1.26. The van der Waals surface area contributed by atoms with Crippen molar-refractivity contribution in [3.8, 4) is 0 Å². The third-order valence-electron chi connectivity index (χ3n) is 5.00. The Labute approximate surface area is 163 Å². The van der Waals surface area contributed by atoms with Gasteiger partial charge in [-0.15, -0.1) is 0 Å². The molecule has 3 heteroatoms. The summed E-state index contributed by atoms with van der Waals surface area (Å²) in [6, 6.07) is 30.4. The van der Waals surface area contributed by atoms with Gasteiger partial charge in [-0.2, -0.15) is 0 Å². The predicted molar refractivity (Wildman–Crippen MR) is 117 cm³/mol. The van der Waals surface area contributed by atoms with E-state index in [0.717, 1.165) is 22.7 Å². The highest BCUT2D eigenvalue weighted by atomic mass is 31.2. The van der Waals surface area contributed by atoms with Gasteiger partial charge >= 0.3 is 0 Å². The fourth-order valence-corrected chi connectivity index (χ4v) is 7.57. The molecule has 2 nitrogen and oxygen atoms in total. The van der Waals surface area contributed by atoms with Crippen LogP contribution in [0.25, 0.3) is 0 Å². The maximum atomic E-state index is 14.9. The van der Waals surface area contributed by atoms with E-state index in [1.165, 1.54) is 0 Å². The number of benzene rings is 3. The van der Waals surface area contributed by atoms with Gasteiger partial charge in [-0.25, -0.2) is 0 Å². The Morgan fingerprint density at radius 3 is 1.56 bits per heavy atom. The summed E-state index contributed by atoms with van der Waals surface area (Å²) in [4.78, 5) is 2.18.